The number of hydrogen-bond donors (Lipinski definition) is 2. The van der Waals surface area contributed by atoms with Gasteiger partial charge in [0.2, 0.25) is 0 Å². The minimum absolute atomic E-state index is 0.293. The third-order valence-electron chi connectivity index (χ3n) is 2.70. The summed E-state index contributed by atoms with van der Waals surface area (Å²) >= 11 is 5.78. The van der Waals surface area contributed by atoms with E-state index in [9.17, 15) is 4.79 Å². The molecule has 104 valence electrons. The zero-order valence-corrected chi connectivity index (χ0v) is 12.0. The smallest absolute Gasteiger partial charge is 0.282 e. The number of H-pyrrole nitrogens is 1. The normalized spacial score (nSPS) is 11.2. The number of aromatic amines is 1. The summed E-state index contributed by atoms with van der Waals surface area (Å²) in [6, 6.07) is 8.85. The first kappa shape index (κ1) is 14.3. The van der Waals surface area contributed by atoms with Crippen molar-refractivity contribution >= 4 is 23.7 Å². The Kier molecular flexibility index (Phi) is 4.53. The van der Waals surface area contributed by atoms with Crippen molar-refractivity contribution in [2.45, 2.75) is 19.8 Å². The lowest BCUT2D eigenvalue weighted by atomic mass is 10.1. The van der Waals surface area contributed by atoms with E-state index in [0.29, 0.717) is 16.6 Å². The monoisotopic (exact) mass is 290 g/mol. The minimum Gasteiger partial charge on any atom is -0.282 e. The Morgan fingerprint density at radius 2 is 2.10 bits per heavy atom. The molecule has 5 nitrogen and oxygen atoms in total. The molecule has 2 aromatic rings. The molecule has 0 bridgehead atoms. The number of hydrazone groups is 1. The summed E-state index contributed by atoms with van der Waals surface area (Å²) in [5.41, 5.74) is 4.51. The number of amides is 1. The molecule has 0 fully saturated rings. The molecule has 6 heteroatoms. The molecule has 0 unspecified atom stereocenters. The van der Waals surface area contributed by atoms with Crippen molar-refractivity contribution in [3.63, 3.8) is 0 Å². The van der Waals surface area contributed by atoms with Crippen LogP contribution in [0.5, 0.6) is 0 Å². The SMILES string of the molecule is CC(C)c1cc(C(=O)NN=Cc2ccc(Cl)cc2)n[nH]1. The summed E-state index contributed by atoms with van der Waals surface area (Å²) in [6.07, 6.45) is 1.55. The van der Waals surface area contributed by atoms with Crippen LogP contribution in [0.25, 0.3) is 0 Å². The quantitative estimate of drug-likeness (QED) is 0.671. The number of benzene rings is 1. The van der Waals surface area contributed by atoms with E-state index in [-0.39, 0.29) is 5.91 Å². The molecule has 20 heavy (non-hydrogen) atoms. The lowest BCUT2D eigenvalue weighted by Gasteiger charge is -1.97. The van der Waals surface area contributed by atoms with Gasteiger partial charge >= 0.3 is 0 Å². The van der Waals surface area contributed by atoms with Crippen LogP contribution in [-0.4, -0.2) is 22.3 Å². The van der Waals surface area contributed by atoms with E-state index < -0.39 is 0 Å². The van der Waals surface area contributed by atoms with E-state index in [2.05, 4.69) is 20.7 Å². The molecule has 0 aliphatic carbocycles. The molecular formula is C14H15ClN4O. The van der Waals surface area contributed by atoms with E-state index in [0.717, 1.165) is 11.3 Å². The van der Waals surface area contributed by atoms with Crippen LogP contribution in [0.2, 0.25) is 5.02 Å². The molecule has 0 atom stereocenters. The lowest BCUT2D eigenvalue weighted by Crippen LogP contribution is -2.18. The minimum atomic E-state index is -0.349. The second-order valence-electron chi connectivity index (χ2n) is 4.61. The Morgan fingerprint density at radius 1 is 1.40 bits per heavy atom. The van der Waals surface area contributed by atoms with Crippen molar-refractivity contribution in [1.82, 2.24) is 15.6 Å². The number of aromatic nitrogens is 2. The van der Waals surface area contributed by atoms with Crippen molar-refractivity contribution in [2.24, 2.45) is 5.10 Å². The summed E-state index contributed by atoms with van der Waals surface area (Å²) in [6.45, 7) is 4.04. The standard InChI is InChI=1S/C14H15ClN4O/c1-9(2)12-7-13(18-17-12)14(20)19-16-8-10-3-5-11(15)6-4-10/h3-9H,1-2H3,(H,17,18)(H,19,20). The Hall–Kier alpha value is -2.14. The van der Waals surface area contributed by atoms with Crippen LogP contribution < -0.4 is 5.43 Å². The average Bonchev–Trinajstić information content (AvgIpc) is 2.91. The van der Waals surface area contributed by atoms with Gasteiger partial charge in [0, 0.05) is 10.7 Å². The topological polar surface area (TPSA) is 70.1 Å². The maximum atomic E-state index is 11.8. The molecule has 1 aromatic carbocycles. The van der Waals surface area contributed by atoms with Crippen LogP contribution >= 0.6 is 11.6 Å². The van der Waals surface area contributed by atoms with Gasteiger partial charge in [0.1, 0.15) is 0 Å². The van der Waals surface area contributed by atoms with Gasteiger partial charge in [-0.15, -0.1) is 0 Å². The first-order valence-corrected chi connectivity index (χ1v) is 6.58. The number of nitrogens with zero attached hydrogens (tertiary/aromatic N) is 2. The highest BCUT2D eigenvalue weighted by atomic mass is 35.5. The number of carbonyl (C=O) groups excluding carboxylic acids is 1. The lowest BCUT2D eigenvalue weighted by molar-refractivity contribution is 0.0950. The number of rotatable bonds is 4. The number of carbonyl (C=O) groups is 1. The van der Waals surface area contributed by atoms with Gasteiger partial charge in [-0.05, 0) is 29.7 Å². The van der Waals surface area contributed by atoms with Crippen LogP contribution in [0.1, 0.15) is 41.5 Å². The maximum Gasteiger partial charge on any atom is 0.291 e. The number of nitrogens with one attached hydrogen (secondary N) is 2. The Morgan fingerprint density at radius 3 is 2.70 bits per heavy atom. The van der Waals surface area contributed by atoms with Crippen molar-refractivity contribution in [3.8, 4) is 0 Å². The number of halogens is 1. The first-order valence-electron chi connectivity index (χ1n) is 6.20. The van der Waals surface area contributed by atoms with Crippen molar-refractivity contribution in [1.29, 1.82) is 0 Å². The summed E-state index contributed by atoms with van der Waals surface area (Å²) in [5, 5.41) is 11.3. The third kappa shape index (κ3) is 3.68. The Bertz CT molecular complexity index is 616. The summed E-state index contributed by atoms with van der Waals surface area (Å²) < 4.78 is 0. The molecule has 0 spiro atoms. The van der Waals surface area contributed by atoms with Crippen molar-refractivity contribution in [3.05, 3.63) is 52.3 Å². The summed E-state index contributed by atoms with van der Waals surface area (Å²) in [5.74, 6) is -0.0556. The van der Waals surface area contributed by atoms with Gasteiger partial charge < -0.3 is 0 Å². The van der Waals surface area contributed by atoms with Gasteiger partial charge in [-0.3, -0.25) is 9.89 Å². The predicted molar refractivity (Wildman–Crippen MR) is 79.2 cm³/mol. The van der Waals surface area contributed by atoms with Crippen LogP contribution in [-0.2, 0) is 0 Å². The van der Waals surface area contributed by atoms with Gasteiger partial charge in [-0.2, -0.15) is 10.2 Å². The fourth-order valence-corrected chi connectivity index (χ4v) is 1.65. The molecule has 0 aliphatic heterocycles. The van der Waals surface area contributed by atoms with Gasteiger partial charge in [0.05, 0.1) is 6.21 Å². The zero-order chi connectivity index (χ0) is 14.5. The molecule has 2 rings (SSSR count). The van der Waals surface area contributed by atoms with Gasteiger partial charge in [0.15, 0.2) is 5.69 Å². The third-order valence-corrected chi connectivity index (χ3v) is 2.95. The van der Waals surface area contributed by atoms with E-state index >= 15 is 0 Å². The zero-order valence-electron chi connectivity index (χ0n) is 11.2. The summed E-state index contributed by atoms with van der Waals surface area (Å²) in [4.78, 5) is 11.8. The van der Waals surface area contributed by atoms with Crippen LogP contribution in [0, 0.1) is 0 Å². The van der Waals surface area contributed by atoms with Crippen LogP contribution in [0.4, 0.5) is 0 Å². The molecule has 0 aliphatic rings. The van der Waals surface area contributed by atoms with E-state index in [1.807, 2.05) is 26.0 Å². The Balaban J connectivity index is 1.95. The van der Waals surface area contributed by atoms with Crippen molar-refractivity contribution < 1.29 is 4.79 Å². The predicted octanol–water partition coefficient (Wildman–Crippen LogP) is 2.95. The van der Waals surface area contributed by atoms with Gasteiger partial charge in [-0.1, -0.05) is 37.6 Å². The molecular weight excluding hydrogens is 276 g/mol. The molecule has 0 saturated heterocycles. The highest BCUT2D eigenvalue weighted by Crippen LogP contribution is 2.11. The van der Waals surface area contributed by atoms with Gasteiger partial charge in [0.25, 0.3) is 5.91 Å². The molecule has 0 saturated carbocycles. The number of hydrogen-bond acceptors (Lipinski definition) is 3. The summed E-state index contributed by atoms with van der Waals surface area (Å²) in [7, 11) is 0. The highest BCUT2D eigenvalue weighted by molar-refractivity contribution is 6.30. The van der Waals surface area contributed by atoms with E-state index in [4.69, 9.17) is 11.6 Å². The molecule has 2 N–H and O–H groups in total. The van der Waals surface area contributed by atoms with E-state index in [1.54, 1.807) is 24.4 Å². The van der Waals surface area contributed by atoms with E-state index in [1.165, 1.54) is 0 Å². The molecule has 1 amide bonds. The fourth-order valence-electron chi connectivity index (χ4n) is 1.52. The largest absolute Gasteiger partial charge is 0.291 e. The van der Waals surface area contributed by atoms with Crippen LogP contribution in [0.3, 0.4) is 0 Å². The maximum absolute atomic E-state index is 11.8. The van der Waals surface area contributed by atoms with Crippen molar-refractivity contribution in [2.75, 3.05) is 0 Å². The van der Waals surface area contributed by atoms with Crippen LogP contribution in [0.15, 0.2) is 35.4 Å². The molecule has 1 aromatic heterocycles. The fraction of sp³-hybridized carbons (Fsp3) is 0.214. The average molecular weight is 291 g/mol. The first-order chi connectivity index (χ1) is 9.56. The second kappa shape index (κ2) is 6.34. The van der Waals surface area contributed by atoms with Gasteiger partial charge in [-0.25, -0.2) is 5.43 Å². The second-order valence-corrected chi connectivity index (χ2v) is 5.05. The highest BCUT2D eigenvalue weighted by Gasteiger charge is 2.10. The Labute approximate surface area is 122 Å². The molecule has 1 heterocycles. The molecule has 0 radical (unpaired) electrons.